The number of methoxy groups -OCH3 is 2. The summed E-state index contributed by atoms with van der Waals surface area (Å²) in [7, 11) is 3.13. The summed E-state index contributed by atoms with van der Waals surface area (Å²) in [6.45, 7) is 2.09. The molecular formula is C24H25N3O4. The van der Waals surface area contributed by atoms with E-state index in [4.69, 9.17) is 20.6 Å². The Kier molecular flexibility index (Phi) is 7.31. The van der Waals surface area contributed by atoms with Crippen LogP contribution < -0.4 is 14.8 Å². The first-order valence-electron chi connectivity index (χ1n) is 9.82. The minimum atomic E-state index is -0.851. The summed E-state index contributed by atoms with van der Waals surface area (Å²) in [4.78, 5) is 13.1. The van der Waals surface area contributed by atoms with E-state index in [1.165, 1.54) is 5.56 Å². The van der Waals surface area contributed by atoms with Gasteiger partial charge < -0.3 is 19.5 Å². The highest BCUT2D eigenvalue weighted by atomic mass is 16.5. The van der Waals surface area contributed by atoms with E-state index in [1.807, 2.05) is 30.3 Å². The number of rotatable bonds is 9. The fourth-order valence-electron chi connectivity index (χ4n) is 3.14. The van der Waals surface area contributed by atoms with Crippen LogP contribution in [0.3, 0.4) is 0 Å². The normalized spacial score (nSPS) is 11.4. The van der Waals surface area contributed by atoms with Crippen LogP contribution in [0.2, 0.25) is 0 Å². The molecule has 1 aromatic heterocycles. The number of hydrogen-bond acceptors (Lipinski definition) is 5. The van der Waals surface area contributed by atoms with Gasteiger partial charge in [-0.25, -0.2) is 4.68 Å². The maximum atomic E-state index is 13.1. The van der Waals surface area contributed by atoms with Crippen molar-refractivity contribution in [3.63, 3.8) is 0 Å². The summed E-state index contributed by atoms with van der Waals surface area (Å²) in [5.74, 6) is 3.71. The van der Waals surface area contributed by atoms with Gasteiger partial charge in [0, 0.05) is 12.1 Å². The van der Waals surface area contributed by atoms with Gasteiger partial charge in [0.15, 0.2) is 17.6 Å². The number of nitrogens with one attached hydrogen (secondary N) is 1. The standard InChI is InChI=1S/C24H25N3O4/c1-5-15-31-23(18-9-7-17(6-2)8-10-18)24(28)26-22-13-14-25-27(22)19-11-12-20(29-3)21(16-19)30-4/h1,7-14,16,23H,6,15H2,2-4H3,(H,26,28). The van der Waals surface area contributed by atoms with Crippen molar-refractivity contribution in [2.75, 3.05) is 26.1 Å². The monoisotopic (exact) mass is 419 g/mol. The summed E-state index contributed by atoms with van der Waals surface area (Å²) < 4.78 is 17.9. The third-order valence-electron chi connectivity index (χ3n) is 4.77. The Labute approximate surface area is 181 Å². The molecule has 0 aliphatic rings. The van der Waals surface area contributed by atoms with Crippen molar-refractivity contribution in [1.29, 1.82) is 0 Å². The second-order valence-corrected chi connectivity index (χ2v) is 6.65. The van der Waals surface area contributed by atoms with Gasteiger partial charge in [-0.3, -0.25) is 4.79 Å². The van der Waals surface area contributed by atoms with E-state index in [0.29, 0.717) is 23.0 Å². The lowest BCUT2D eigenvalue weighted by molar-refractivity contribution is -0.127. The molecule has 1 N–H and O–H groups in total. The molecule has 0 bridgehead atoms. The Hall–Kier alpha value is -3.76. The molecule has 1 heterocycles. The Morgan fingerprint density at radius 2 is 1.87 bits per heavy atom. The Balaban J connectivity index is 1.86. The second kappa shape index (κ2) is 10.3. The molecule has 1 amide bonds. The first kappa shape index (κ1) is 21.9. The van der Waals surface area contributed by atoms with Crippen molar-refractivity contribution >= 4 is 11.7 Å². The molecule has 2 aromatic carbocycles. The number of benzene rings is 2. The molecule has 31 heavy (non-hydrogen) atoms. The fourth-order valence-corrected chi connectivity index (χ4v) is 3.14. The third kappa shape index (κ3) is 5.05. The molecular weight excluding hydrogens is 394 g/mol. The zero-order chi connectivity index (χ0) is 22.2. The highest BCUT2D eigenvalue weighted by Gasteiger charge is 2.23. The van der Waals surface area contributed by atoms with Crippen LogP contribution in [-0.4, -0.2) is 36.5 Å². The first-order chi connectivity index (χ1) is 15.1. The molecule has 1 unspecified atom stereocenters. The molecule has 0 aliphatic carbocycles. The van der Waals surface area contributed by atoms with Crippen LogP contribution >= 0.6 is 0 Å². The van der Waals surface area contributed by atoms with Crippen LogP contribution in [0.1, 0.15) is 24.2 Å². The summed E-state index contributed by atoms with van der Waals surface area (Å²) in [5.41, 5.74) is 2.60. The summed E-state index contributed by atoms with van der Waals surface area (Å²) in [6, 6.07) is 14.8. The number of ether oxygens (including phenoxy) is 3. The molecule has 160 valence electrons. The van der Waals surface area contributed by atoms with Crippen molar-refractivity contribution < 1.29 is 19.0 Å². The number of carbonyl (C=O) groups is 1. The van der Waals surface area contributed by atoms with E-state index in [-0.39, 0.29) is 12.5 Å². The molecule has 0 spiro atoms. The van der Waals surface area contributed by atoms with E-state index in [2.05, 4.69) is 23.3 Å². The van der Waals surface area contributed by atoms with Crippen LogP contribution in [0, 0.1) is 12.3 Å². The third-order valence-corrected chi connectivity index (χ3v) is 4.77. The summed E-state index contributed by atoms with van der Waals surface area (Å²) >= 11 is 0. The van der Waals surface area contributed by atoms with Gasteiger partial charge >= 0.3 is 0 Å². The van der Waals surface area contributed by atoms with Crippen molar-refractivity contribution in [2.24, 2.45) is 0 Å². The first-order valence-corrected chi connectivity index (χ1v) is 9.82. The number of terminal acetylenes is 1. The van der Waals surface area contributed by atoms with Gasteiger partial charge in [0.25, 0.3) is 5.91 Å². The number of aromatic nitrogens is 2. The van der Waals surface area contributed by atoms with Crippen LogP contribution in [0.5, 0.6) is 11.5 Å². The molecule has 3 rings (SSSR count). The van der Waals surface area contributed by atoms with Crippen molar-refractivity contribution in [1.82, 2.24) is 9.78 Å². The number of anilines is 1. The van der Waals surface area contributed by atoms with E-state index in [9.17, 15) is 4.79 Å². The van der Waals surface area contributed by atoms with E-state index >= 15 is 0 Å². The molecule has 0 fully saturated rings. The summed E-state index contributed by atoms with van der Waals surface area (Å²) in [6.07, 6.45) is 7.00. The van der Waals surface area contributed by atoms with Crippen molar-refractivity contribution in [3.8, 4) is 29.5 Å². The highest BCUT2D eigenvalue weighted by molar-refractivity contribution is 5.94. The molecule has 0 radical (unpaired) electrons. The van der Waals surface area contributed by atoms with Gasteiger partial charge in [0.2, 0.25) is 0 Å². The molecule has 3 aromatic rings. The largest absolute Gasteiger partial charge is 0.493 e. The molecule has 7 nitrogen and oxygen atoms in total. The molecule has 0 saturated carbocycles. The SMILES string of the molecule is C#CCOC(C(=O)Nc1ccnn1-c1ccc(OC)c(OC)c1)c1ccc(CC)cc1. The lowest BCUT2D eigenvalue weighted by atomic mass is 10.0. The van der Waals surface area contributed by atoms with Crippen LogP contribution in [-0.2, 0) is 16.0 Å². The number of carbonyl (C=O) groups excluding carboxylic acids is 1. The highest BCUT2D eigenvalue weighted by Crippen LogP contribution is 2.30. The van der Waals surface area contributed by atoms with E-state index in [0.717, 1.165) is 12.0 Å². The lowest BCUT2D eigenvalue weighted by Crippen LogP contribution is -2.25. The number of nitrogens with zero attached hydrogens (tertiary/aromatic N) is 2. The molecule has 7 heteroatoms. The fraction of sp³-hybridized carbons (Fsp3) is 0.250. The van der Waals surface area contributed by atoms with Gasteiger partial charge in [0.05, 0.1) is 26.1 Å². The van der Waals surface area contributed by atoms with Gasteiger partial charge in [-0.2, -0.15) is 5.10 Å². The quantitative estimate of drug-likeness (QED) is 0.534. The van der Waals surface area contributed by atoms with Crippen molar-refractivity contribution in [2.45, 2.75) is 19.4 Å². The molecule has 1 atom stereocenters. The zero-order valence-electron chi connectivity index (χ0n) is 17.8. The summed E-state index contributed by atoms with van der Waals surface area (Å²) in [5, 5.41) is 7.21. The Bertz CT molecular complexity index is 1070. The van der Waals surface area contributed by atoms with Crippen LogP contribution in [0.4, 0.5) is 5.82 Å². The van der Waals surface area contributed by atoms with Crippen LogP contribution in [0.15, 0.2) is 54.7 Å². The maximum Gasteiger partial charge on any atom is 0.259 e. The topological polar surface area (TPSA) is 74.6 Å². The van der Waals surface area contributed by atoms with Gasteiger partial charge in [-0.05, 0) is 29.7 Å². The van der Waals surface area contributed by atoms with Gasteiger partial charge in [-0.1, -0.05) is 37.1 Å². The molecule has 0 saturated heterocycles. The number of amides is 1. The Morgan fingerprint density at radius 3 is 2.52 bits per heavy atom. The van der Waals surface area contributed by atoms with Crippen molar-refractivity contribution in [3.05, 3.63) is 65.9 Å². The lowest BCUT2D eigenvalue weighted by Gasteiger charge is -2.18. The molecule has 0 aliphatic heterocycles. The minimum Gasteiger partial charge on any atom is -0.493 e. The van der Waals surface area contributed by atoms with Gasteiger partial charge in [-0.15, -0.1) is 6.42 Å². The zero-order valence-corrected chi connectivity index (χ0v) is 17.8. The predicted octanol–water partition coefficient (Wildman–Crippen LogP) is 3.78. The Morgan fingerprint density at radius 1 is 1.13 bits per heavy atom. The van der Waals surface area contributed by atoms with E-state index < -0.39 is 6.10 Å². The second-order valence-electron chi connectivity index (χ2n) is 6.65. The van der Waals surface area contributed by atoms with E-state index in [1.54, 1.807) is 43.3 Å². The average molecular weight is 419 g/mol. The number of hydrogen-bond donors (Lipinski definition) is 1. The maximum absolute atomic E-state index is 13.1. The van der Waals surface area contributed by atoms with Crippen LogP contribution in [0.25, 0.3) is 5.69 Å². The minimum absolute atomic E-state index is 0.0164. The number of aryl methyl sites for hydroxylation is 1. The average Bonchev–Trinajstić information content (AvgIpc) is 3.27. The predicted molar refractivity (Wildman–Crippen MR) is 119 cm³/mol. The smallest absolute Gasteiger partial charge is 0.259 e. The van der Waals surface area contributed by atoms with Gasteiger partial charge in [0.1, 0.15) is 12.4 Å².